The van der Waals surface area contributed by atoms with Crippen molar-refractivity contribution in [3.63, 3.8) is 0 Å². The number of aliphatic hydroxyl groups excluding tert-OH is 1. The number of aliphatic hydroxyl groups is 1. The Morgan fingerprint density at radius 2 is 1.76 bits per heavy atom. The SMILES string of the molecule is CC(=O)OC1CCC2(C)C(CCC3C2CCC2(C)C3CC(O)C2C(C)C2CCC(C)CN2)C1. The van der Waals surface area contributed by atoms with E-state index in [2.05, 4.69) is 33.0 Å². The molecule has 4 nitrogen and oxygen atoms in total. The van der Waals surface area contributed by atoms with Crippen molar-refractivity contribution in [1.29, 1.82) is 0 Å². The largest absolute Gasteiger partial charge is 0.463 e. The second-order valence-electron chi connectivity index (χ2n) is 13.6. The average Bonchev–Trinajstić information content (AvgIpc) is 3.03. The Hall–Kier alpha value is -0.610. The van der Waals surface area contributed by atoms with Gasteiger partial charge in [-0.1, -0.05) is 27.7 Å². The zero-order valence-corrected chi connectivity index (χ0v) is 21.8. The quantitative estimate of drug-likeness (QED) is 0.542. The van der Waals surface area contributed by atoms with Crippen molar-refractivity contribution in [3.05, 3.63) is 0 Å². The molecule has 1 aliphatic heterocycles. The van der Waals surface area contributed by atoms with Crippen LogP contribution in [0.1, 0.15) is 98.8 Å². The molecule has 0 spiro atoms. The van der Waals surface area contributed by atoms with Gasteiger partial charge in [0.05, 0.1) is 6.10 Å². The molecule has 1 saturated heterocycles. The first-order chi connectivity index (χ1) is 15.6. The number of hydrogen-bond donors (Lipinski definition) is 2. The summed E-state index contributed by atoms with van der Waals surface area (Å²) in [6, 6.07) is 0.568. The lowest BCUT2D eigenvalue weighted by molar-refractivity contribution is -0.160. The average molecular weight is 460 g/mol. The van der Waals surface area contributed by atoms with Crippen LogP contribution in [-0.2, 0) is 9.53 Å². The third-order valence-corrected chi connectivity index (χ3v) is 12.0. The molecule has 4 saturated carbocycles. The number of fused-ring (bicyclic) bond motifs is 5. The Morgan fingerprint density at radius 3 is 2.45 bits per heavy atom. The van der Waals surface area contributed by atoms with E-state index in [4.69, 9.17) is 4.74 Å². The van der Waals surface area contributed by atoms with Gasteiger partial charge in [-0.25, -0.2) is 0 Å². The molecule has 0 aromatic rings. The minimum atomic E-state index is -0.139. The lowest BCUT2D eigenvalue weighted by Crippen LogP contribution is -2.55. The van der Waals surface area contributed by atoms with E-state index in [1.54, 1.807) is 6.92 Å². The highest BCUT2D eigenvalue weighted by atomic mass is 16.5. The van der Waals surface area contributed by atoms with Gasteiger partial charge < -0.3 is 15.2 Å². The summed E-state index contributed by atoms with van der Waals surface area (Å²) in [4.78, 5) is 11.5. The summed E-state index contributed by atoms with van der Waals surface area (Å²) in [5.74, 6) is 4.55. The minimum Gasteiger partial charge on any atom is -0.463 e. The summed E-state index contributed by atoms with van der Waals surface area (Å²) < 4.78 is 5.65. The summed E-state index contributed by atoms with van der Waals surface area (Å²) in [5, 5.41) is 15.3. The van der Waals surface area contributed by atoms with Gasteiger partial charge in [0.2, 0.25) is 0 Å². The molecule has 2 N–H and O–H groups in total. The molecule has 33 heavy (non-hydrogen) atoms. The van der Waals surface area contributed by atoms with Crippen LogP contribution in [-0.4, -0.2) is 35.9 Å². The number of hydrogen-bond acceptors (Lipinski definition) is 4. The molecule has 0 amide bonds. The van der Waals surface area contributed by atoms with Crippen molar-refractivity contribution >= 4 is 5.97 Å². The minimum absolute atomic E-state index is 0.118. The van der Waals surface area contributed by atoms with Gasteiger partial charge in [0, 0.05) is 13.0 Å². The molecule has 0 aromatic heterocycles. The molecule has 12 atom stereocenters. The van der Waals surface area contributed by atoms with E-state index >= 15 is 0 Å². The smallest absolute Gasteiger partial charge is 0.302 e. The number of ether oxygens (including phenoxy) is 1. The lowest BCUT2D eigenvalue weighted by atomic mass is 9.44. The van der Waals surface area contributed by atoms with E-state index in [1.807, 2.05) is 0 Å². The molecule has 4 heteroatoms. The summed E-state index contributed by atoms with van der Waals surface area (Å²) in [6.07, 6.45) is 12.1. The molecule has 5 rings (SSSR count). The number of esters is 1. The molecule has 5 fully saturated rings. The Labute approximate surface area is 202 Å². The Morgan fingerprint density at radius 1 is 1.00 bits per heavy atom. The molecule has 0 radical (unpaired) electrons. The number of rotatable bonds is 3. The third kappa shape index (κ3) is 3.99. The fourth-order valence-corrected chi connectivity index (χ4v) is 10.3. The normalized spacial score (nSPS) is 52.8. The van der Waals surface area contributed by atoms with E-state index in [0.29, 0.717) is 35.1 Å². The maximum atomic E-state index is 11.5. The van der Waals surface area contributed by atoms with E-state index < -0.39 is 0 Å². The van der Waals surface area contributed by atoms with Crippen LogP contribution in [0.25, 0.3) is 0 Å². The summed E-state index contributed by atoms with van der Waals surface area (Å²) in [7, 11) is 0. The standard InChI is InChI=1S/C29H49NO3/c1-17-6-9-25(30-16-17)18(2)27-26(32)15-24-22-8-7-20-14-21(33-19(3)31)10-12-28(20,4)23(22)11-13-29(24,27)5/h17-18,20-27,30,32H,6-16H2,1-5H3. The Bertz CT molecular complexity index is 732. The number of nitrogens with one attached hydrogen (secondary N) is 1. The van der Waals surface area contributed by atoms with Crippen molar-refractivity contribution in [2.24, 2.45) is 52.3 Å². The monoisotopic (exact) mass is 459 g/mol. The molecular formula is C29H49NO3. The second-order valence-corrected chi connectivity index (χ2v) is 13.6. The topological polar surface area (TPSA) is 58.6 Å². The van der Waals surface area contributed by atoms with Crippen molar-refractivity contribution < 1.29 is 14.6 Å². The molecule has 12 unspecified atom stereocenters. The van der Waals surface area contributed by atoms with Crippen LogP contribution in [0.5, 0.6) is 0 Å². The number of carbonyl (C=O) groups is 1. The van der Waals surface area contributed by atoms with E-state index in [9.17, 15) is 9.90 Å². The van der Waals surface area contributed by atoms with Gasteiger partial charge in [-0.2, -0.15) is 0 Å². The predicted molar refractivity (Wildman–Crippen MR) is 132 cm³/mol. The molecule has 0 aromatic carbocycles. The zero-order chi connectivity index (χ0) is 23.5. The first kappa shape index (κ1) is 24.1. The van der Waals surface area contributed by atoms with Gasteiger partial charge in [0.1, 0.15) is 6.10 Å². The van der Waals surface area contributed by atoms with Gasteiger partial charge in [-0.15, -0.1) is 0 Å². The number of piperidine rings is 1. The highest BCUT2D eigenvalue weighted by Crippen LogP contribution is 2.68. The van der Waals surface area contributed by atoms with Gasteiger partial charge in [0.15, 0.2) is 0 Å². The van der Waals surface area contributed by atoms with Gasteiger partial charge in [0.25, 0.3) is 0 Å². The molecule has 4 aliphatic carbocycles. The molecule has 5 aliphatic rings. The second kappa shape index (κ2) is 8.80. The van der Waals surface area contributed by atoms with Crippen molar-refractivity contribution in [2.45, 2.75) is 117 Å². The van der Waals surface area contributed by atoms with E-state index in [-0.39, 0.29) is 23.6 Å². The predicted octanol–water partition coefficient (Wildman–Crippen LogP) is 5.57. The van der Waals surface area contributed by atoms with Crippen LogP contribution in [0.15, 0.2) is 0 Å². The van der Waals surface area contributed by atoms with E-state index in [0.717, 1.165) is 43.6 Å². The van der Waals surface area contributed by atoms with Crippen LogP contribution < -0.4 is 5.32 Å². The summed E-state index contributed by atoms with van der Waals surface area (Å²) in [5.41, 5.74) is 0.666. The summed E-state index contributed by atoms with van der Waals surface area (Å²) >= 11 is 0. The zero-order valence-electron chi connectivity index (χ0n) is 21.8. The summed E-state index contributed by atoms with van der Waals surface area (Å²) in [6.45, 7) is 12.6. The van der Waals surface area contributed by atoms with Crippen molar-refractivity contribution in [2.75, 3.05) is 6.54 Å². The maximum absolute atomic E-state index is 11.5. The Kier molecular flexibility index (Phi) is 6.43. The number of carbonyl (C=O) groups excluding carboxylic acids is 1. The third-order valence-electron chi connectivity index (χ3n) is 12.0. The lowest BCUT2D eigenvalue weighted by Gasteiger charge is -2.61. The fraction of sp³-hybridized carbons (Fsp3) is 0.966. The van der Waals surface area contributed by atoms with Crippen LogP contribution in [0.3, 0.4) is 0 Å². The first-order valence-corrected chi connectivity index (χ1v) is 14.2. The molecular weight excluding hydrogens is 410 g/mol. The van der Waals surface area contributed by atoms with E-state index in [1.165, 1.54) is 44.9 Å². The van der Waals surface area contributed by atoms with Gasteiger partial charge in [-0.05, 0) is 123 Å². The first-order valence-electron chi connectivity index (χ1n) is 14.2. The van der Waals surface area contributed by atoms with Gasteiger partial charge >= 0.3 is 5.97 Å². The molecule has 0 bridgehead atoms. The van der Waals surface area contributed by atoms with Crippen LogP contribution in [0, 0.1) is 52.3 Å². The molecule has 1 heterocycles. The fourth-order valence-electron chi connectivity index (χ4n) is 10.3. The molecule has 188 valence electrons. The van der Waals surface area contributed by atoms with Crippen LogP contribution in [0.2, 0.25) is 0 Å². The van der Waals surface area contributed by atoms with Gasteiger partial charge in [-0.3, -0.25) is 4.79 Å². The van der Waals surface area contributed by atoms with Crippen LogP contribution >= 0.6 is 0 Å². The van der Waals surface area contributed by atoms with Crippen molar-refractivity contribution in [1.82, 2.24) is 5.32 Å². The highest BCUT2D eigenvalue weighted by Gasteiger charge is 2.63. The Balaban J connectivity index is 1.32. The van der Waals surface area contributed by atoms with Crippen molar-refractivity contribution in [3.8, 4) is 0 Å². The maximum Gasteiger partial charge on any atom is 0.302 e. The highest BCUT2D eigenvalue weighted by molar-refractivity contribution is 5.66. The van der Waals surface area contributed by atoms with Crippen LogP contribution in [0.4, 0.5) is 0 Å².